The Morgan fingerprint density at radius 3 is 2.64 bits per heavy atom. The van der Waals surface area contributed by atoms with E-state index in [-0.39, 0.29) is 5.56 Å². The highest BCUT2D eigenvalue weighted by Gasteiger charge is 2.24. The van der Waals surface area contributed by atoms with E-state index in [1.165, 1.54) is 4.88 Å². The zero-order chi connectivity index (χ0) is 22.9. The molecule has 1 aliphatic rings. The molecule has 3 heterocycles. The number of methoxy groups -OCH3 is 2. The van der Waals surface area contributed by atoms with Crippen molar-refractivity contribution in [3.63, 3.8) is 0 Å². The Kier molecular flexibility index (Phi) is 6.14. The summed E-state index contributed by atoms with van der Waals surface area (Å²) in [6.45, 7) is 1.81. The first-order valence-corrected chi connectivity index (χ1v) is 12.5. The average molecular weight is 480 g/mol. The number of hydrogen-bond acceptors (Lipinski definition) is 7. The molecule has 2 aromatic heterocycles. The summed E-state index contributed by atoms with van der Waals surface area (Å²) in [6.07, 6.45) is 0.874. The molecule has 0 radical (unpaired) electrons. The van der Waals surface area contributed by atoms with Gasteiger partial charge in [-0.15, -0.1) is 11.3 Å². The maximum atomic E-state index is 13.9. The summed E-state index contributed by atoms with van der Waals surface area (Å²) in [7, 11) is 5.41. The van der Waals surface area contributed by atoms with Gasteiger partial charge in [-0.1, -0.05) is 30.0 Å². The summed E-state index contributed by atoms with van der Waals surface area (Å²) < 4.78 is 12.4. The Balaban J connectivity index is 1.63. The van der Waals surface area contributed by atoms with Crippen LogP contribution in [0.2, 0.25) is 0 Å². The number of thiophene rings is 1. The van der Waals surface area contributed by atoms with Crippen LogP contribution in [0.5, 0.6) is 11.5 Å². The standard InChI is InChI=1S/C25H25N3O3S2/c1-27-12-11-20-21(14-27)33-23-22(20)24(29)28(17-5-4-6-19(13-17)31-3)25(26-23)32-15-16-7-9-18(30-2)10-8-16/h4-10,13H,11-12,14-15H2,1-3H3. The van der Waals surface area contributed by atoms with E-state index in [9.17, 15) is 4.79 Å². The lowest BCUT2D eigenvalue weighted by Gasteiger charge is -2.21. The number of thioether (sulfide) groups is 1. The molecule has 0 spiro atoms. The number of rotatable bonds is 6. The van der Waals surface area contributed by atoms with Crippen LogP contribution < -0.4 is 15.0 Å². The number of ether oxygens (including phenoxy) is 2. The Morgan fingerprint density at radius 2 is 1.88 bits per heavy atom. The van der Waals surface area contributed by atoms with Crippen LogP contribution in [0.3, 0.4) is 0 Å². The minimum atomic E-state index is -0.00691. The van der Waals surface area contributed by atoms with Crippen molar-refractivity contribution in [2.45, 2.75) is 23.9 Å². The maximum absolute atomic E-state index is 13.9. The SMILES string of the molecule is COc1ccc(CSc2nc3sc4c(c3c(=O)n2-c2cccc(OC)c2)CCN(C)C4)cc1. The van der Waals surface area contributed by atoms with Crippen LogP contribution in [0.25, 0.3) is 15.9 Å². The number of aromatic nitrogens is 2. The van der Waals surface area contributed by atoms with Crippen molar-refractivity contribution < 1.29 is 9.47 Å². The van der Waals surface area contributed by atoms with Gasteiger partial charge >= 0.3 is 0 Å². The van der Waals surface area contributed by atoms with Crippen LogP contribution >= 0.6 is 23.1 Å². The second-order valence-electron chi connectivity index (χ2n) is 8.04. The van der Waals surface area contributed by atoms with Gasteiger partial charge in [-0.2, -0.15) is 0 Å². The molecule has 5 rings (SSSR count). The fraction of sp³-hybridized carbons (Fsp3) is 0.280. The lowest BCUT2D eigenvalue weighted by atomic mass is 10.1. The first kappa shape index (κ1) is 22.0. The molecule has 0 saturated carbocycles. The number of hydrogen-bond donors (Lipinski definition) is 0. The zero-order valence-electron chi connectivity index (χ0n) is 18.8. The summed E-state index contributed by atoms with van der Waals surface area (Å²) >= 11 is 3.21. The van der Waals surface area contributed by atoms with Gasteiger partial charge in [0.25, 0.3) is 5.56 Å². The summed E-state index contributed by atoms with van der Waals surface area (Å²) in [5.41, 5.74) is 3.06. The molecule has 0 amide bonds. The molecule has 1 aliphatic heterocycles. The third-order valence-electron chi connectivity index (χ3n) is 5.87. The van der Waals surface area contributed by atoms with E-state index in [1.54, 1.807) is 41.9 Å². The fourth-order valence-corrected chi connectivity index (χ4v) is 6.40. The molecule has 0 N–H and O–H groups in total. The molecule has 0 atom stereocenters. The molecular formula is C25H25N3O3S2. The fourth-order valence-electron chi connectivity index (χ4n) is 4.10. The number of fused-ring (bicyclic) bond motifs is 3. The summed E-state index contributed by atoms with van der Waals surface area (Å²) in [5.74, 6) is 2.23. The van der Waals surface area contributed by atoms with E-state index >= 15 is 0 Å². The van der Waals surface area contributed by atoms with Crippen molar-refractivity contribution in [3.05, 3.63) is 74.9 Å². The third kappa shape index (κ3) is 4.26. The van der Waals surface area contributed by atoms with Crippen LogP contribution in [-0.4, -0.2) is 42.3 Å². The summed E-state index contributed by atoms with van der Waals surface area (Å²) in [5, 5.41) is 1.45. The molecule has 2 aromatic carbocycles. The largest absolute Gasteiger partial charge is 0.497 e. The van der Waals surface area contributed by atoms with E-state index in [2.05, 4.69) is 11.9 Å². The monoisotopic (exact) mass is 479 g/mol. The summed E-state index contributed by atoms with van der Waals surface area (Å²) in [6, 6.07) is 15.6. The molecular weight excluding hydrogens is 454 g/mol. The van der Waals surface area contributed by atoms with Crippen molar-refractivity contribution in [2.75, 3.05) is 27.8 Å². The second-order valence-corrected chi connectivity index (χ2v) is 10.1. The highest BCUT2D eigenvalue weighted by atomic mass is 32.2. The van der Waals surface area contributed by atoms with E-state index in [4.69, 9.17) is 14.5 Å². The predicted molar refractivity (Wildman–Crippen MR) is 134 cm³/mol. The average Bonchev–Trinajstić information content (AvgIpc) is 3.20. The van der Waals surface area contributed by atoms with Crippen LogP contribution in [0.15, 0.2) is 58.5 Å². The molecule has 6 nitrogen and oxygen atoms in total. The van der Waals surface area contributed by atoms with Gasteiger partial charge in [0.15, 0.2) is 5.16 Å². The van der Waals surface area contributed by atoms with Crippen LogP contribution in [0.4, 0.5) is 0 Å². The van der Waals surface area contributed by atoms with E-state index in [1.807, 2.05) is 48.5 Å². The van der Waals surface area contributed by atoms with Crippen molar-refractivity contribution in [1.82, 2.24) is 14.5 Å². The van der Waals surface area contributed by atoms with E-state index in [0.29, 0.717) is 16.7 Å². The molecule has 0 saturated heterocycles. The highest BCUT2D eigenvalue weighted by molar-refractivity contribution is 7.98. The van der Waals surface area contributed by atoms with Crippen molar-refractivity contribution >= 4 is 33.3 Å². The van der Waals surface area contributed by atoms with E-state index < -0.39 is 0 Å². The van der Waals surface area contributed by atoms with Gasteiger partial charge in [0.05, 0.1) is 25.3 Å². The van der Waals surface area contributed by atoms with Gasteiger partial charge in [0, 0.05) is 29.8 Å². The number of benzene rings is 2. The molecule has 170 valence electrons. The van der Waals surface area contributed by atoms with Gasteiger partial charge in [0.2, 0.25) is 0 Å². The predicted octanol–water partition coefficient (Wildman–Crippen LogP) is 4.74. The minimum absolute atomic E-state index is 0.00691. The number of nitrogens with zero attached hydrogens (tertiary/aromatic N) is 3. The van der Waals surface area contributed by atoms with Crippen molar-refractivity contribution in [3.8, 4) is 17.2 Å². The summed E-state index contributed by atoms with van der Waals surface area (Å²) in [4.78, 5) is 23.3. The lowest BCUT2D eigenvalue weighted by molar-refractivity contribution is 0.318. The minimum Gasteiger partial charge on any atom is -0.497 e. The Labute approximate surface area is 200 Å². The van der Waals surface area contributed by atoms with Crippen molar-refractivity contribution in [2.24, 2.45) is 0 Å². The van der Waals surface area contributed by atoms with Gasteiger partial charge in [-0.05, 0) is 48.9 Å². The first-order valence-electron chi connectivity index (χ1n) is 10.7. The molecule has 0 unspecified atom stereocenters. The second kappa shape index (κ2) is 9.21. The Hall–Kier alpha value is -2.81. The van der Waals surface area contributed by atoms with Gasteiger partial charge in [-0.3, -0.25) is 9.36 Å². The lowest BCUT2D eigenvalue weighted by Crippen LogP contribution is -2.27. The number of likely N-dealkylation sites (N-methyl/N-ethyl adjacent to an activating group) is 1. The molecule has 0 aliphatic carbocycles. The normalized spacial score (nSPS) is 13.8. The quantitative estimate of drug-likeness (QED) is 0.294. The topological polar surface area (TPSA) is 56.6 Å². The smallest absolute Gasteiger partial charge is 0.267 e. The zero-order valence-corrected chi connectivity index (χ0v) is 20.5. The Bertz CT molecular complexity index is 1360. The molecule has 33 heavy (non-hydrogen) atoms. The maximum Gasteiger partial charge on any atom is 0.267 e. The van der Waals surface area contributed by atoms with E-state index in [0.717, 1.165) is 52.3 Å². The van der Waals surface area contributed by atoms with Crippen LogP contribution in [0, 0.1) is 0 Å². The van der Waals surface area contributed by atoms with Gasteiger partial charge in [0.1, 0.15) is 16.3 Å². The van der Waals surface area contributed by atoms with Gasteiger partial charge < -0.3 is 14.4 Å². The Morgan fingerprint density at radius 1 is 1.09 bits per heavy atom. The van der Waals surface area contributed by atoms with Gasteiger partial charge in [-0.25, -0.2) is 4.98 Å². The van der Waals surface area contributed by atoms with Crippen LogP contribution in [0.1, 0.15) is 16.0 Å². The molecule has 4 aromatic rings. The third-order valence-corrected chi connectivity index (χ3v) is 7.99. The van der Waals surface area contributed by atoms with Crippen LogP contribution in [-0.2, 0) is 18.7 Å². The molecule has 8 heteroatoms. The first-order chi connectivity index (χ1) is 16.1. The van der Waals surface area contributed by atoms with Crippen molar-refractivity contribution in [1.29, 1.82) is 0 Å². The molecule has 0 bridgehead atoms. The highest BCUT2D eigenvalue weighted by Crippen LogP contribution is 2.34. The molecule has 0 fully saturated rings.